The second-order valence-corrected chi connectivity index (χ2v) is 4.24. The molecule has 0 aliphatic carbocycles. The fraction of sp³-hybridized carbons (Fsp3) is 0.900. The van der Waals surface area contributed by atoms with Gasteiger partial charge in [-0.3, -0.25) is 0 Å². The summed E-state index contributed by atoms with van der Waals surface area (Å²) < 4.78 is 0. The van der Waals surface area contributed by atoms with Crippen molar-refractivity contribution >= 4 is 18.4 Å². The number of amides is 2. The molecule has 0 aromatic rings. The molecule has 1 aliphatic heterocycles. The van der Waals surface area contributed by atoms with Gasteiger partial charge >= 0.3 is 6.03 Å². The Hall–Kier alpha value is -0.520. The molecule has 5 nitrogen and oxygen atoms in total. The third-order valence-corrected chi connectivity index (χ3v) is 2.60. The van der Waals surface area contributed by atoms with Crippen LogP contribution in [0.3, 0.4) is 0 Å². The summed E-state index contributed by atoms with van der Waals surface area (Å²) in [5.74, 6) is 0. The van der Waals surface area contributed by atoms with E-state index in [-0.39, 0.29) is 18.4 Å². The maximum absolute atomic E-state index is 11.9. The Morgan fingerprint density at radius 1 is 1.19 bits per heavy atom. The first-order chi connectivity index (χ1) is 7.11. The summed E-state index contributed by atoms with van der Waals surface area (Å²) >= 11 is 0. The lowest BCUT2D eigenvalue weighted by Gasteiger charge is -2.31. The Balaban J connectivity index is 0.00000225. The van der Waals surface area contributed by atoms with Gasteiger partial charge in [0.2, 0.25) is 0 Å². The van der Waals surface area contributed by atoms with E-state index >= 15 is 0 Å². The number of halogens is 1. The Morgan fingerprint density at radius 2 is 1.75 bits per heavy atom. The van der Waals surface area contributed by atoms with Crippen LogP contribution in [0.1, 0.15) is 0 Å². The SMILES string of the molecule is CN(C)CCN(C)C(=O)N1CCNCC1.Cl. The molecule has 96 valence electrons. The highest BCUT2D eigenvalue weighted by atomic mass is 35.5. The fourth-order valence-electron chi connectivity index (χ4n) is 1.54. The fourth-order valence-corrected chi connectivity index (χ4v) is 1.54. The van der Waals surface area contributed by atoms with Crippen LogP contribution in [0.15, 0.2) is 0 Å². The van der Waals surface area contributed by atoms with E-state index in [4.69, 9.17) is 0 Å². The second-order valence-electron chi connectivity index (χ2n) is 4.24. The highest BCUT2D eigenvalue weighted by molar-refractivity contribution is 5.85. The predicted octanol–water partition coefficient (Wildman–Crippen LogP) is -0.0732. The van der Waals surface area contributed by atoms with Crippen molar-refractivity contribution in [3.8, 4) is 0 Å². The van der Waals surface area contributed by atoms with Gasteiger partial charge in [-0.05, 0) is 14.1 Å². The molecule has 1 N–H and O–H groups in total. The van der Waals surface area contributed by atoms with Crippen molar-refractivity contribution in [1.82, 2.24) is 20.0 Å². The van der Waals surface area contributed by atoms with Gasteiger partial charge in [0.25, 0.3) is 0 Å². The van der Waals surface area contributed by atoms with Crippen LogP contribution in [0.2, 0.25) is 0 Å². The molecule has 0 saturated carbocycles. The van der Waals surface area contributed by atoms with Gasteiger partial charge in [-0.1, -0.05) is 0 Å². The number of hydrogen-bond acceptors (Lipinski definition) is 3. The summed E-state index contributed by atoms with van der Waals surface area (Å²) in [6, 6.07) is 0.151. The van der Waals surface area contributed by atoms with Crippen LogP contribution < -0.4 is 5.32 Å². The number of rotatable bonds is 3. The molecule has 6 heteroatoms. The highest BCUT2D eigenvalue weighted by Crippen LogP contribution is 1.98. The molecule has 1 saturated heterocycles. The zero-order valence-electron chi connectivity index (χ0n) is 10.4. The van der Waals surface area contributed by atoms with Gasteiger partial charge in [-0.15, -0.1) is 12.4 Å². The van der Waals surface area contributed by atoms with E-state index in [2.05, 4.69) is 10.2 Å². The number of carbonyl (C=O) groups is 1. The molecule has 1 heterocycles. The third-order valence-electron chi connectivity index (χ3n) is 2.60. The number of hydrogen-bond donors (Lipinski definition) is 1. The molecule has 0 radical (unpaired) electrons. The topological polar surface area (TPSA) is 38.8 Å². The maximum atomic E-state index is 11.9. The van der Waals surface area contributed by atoms with E-state index in [9.17, 15) is 4.79 Å². The first-order valence-electron chi connectivity index (χ1n) is 5.46. The lowest BCUT2D eigenvalue weighted by Crippen LogP contribution is -2.51. The third kappa shape index (κ3) is 5.01. The van der Waals surface area contributed by atoms with Gasteiger partial charge in [0.15, 0.2) is 0 Å². The van der Waals surface area contributed by atoms with E-state index in [0.29, 0.717) is 0 Å². The monoisotopic (exact) mass is 250 g/mol. The van der Waals surface area contributed by atoms with Gasteiger partial charge in [-0.2, -0.15) is 0 Å². The van der Waals surface area contributed by atoms with Crippen molar-refractivity contribution < 1.29 is 4.79 Å². The number of urea groups is 1. The summed E-state index contributed by atoms with van der Waals surface area (Å²) in [6.07, 6.45) is 0. The summed E-state index contributed by atoms with van der Waals surface area (Å²) in [4.78, 5) is 17.7. The van der Waals surface area contributed by atoms with Crippen molar-refractivity contribution in [3.05, 3.63) is 0 Å². The summed E-state index contributed by atoms with van der Waals surface area (Å²) in [5.41, 5.74) is 0. The van der Waals surface area contributed by atoms with Gasteiger partial charge in [0.05, 0.1) is 0 Å². The van der Waals surface area contributed by atoms with E-state index < -0.39 is 0 Å². The normalized spacial score (nSPS) is 15.9. The zero-order valence-corrected chi connectivity index (χ0v) is 11.2. The van der Waals surface area contributed by atoms with Crippen molar-refractivity contribution in [2.24, 2.45) is 0 Å². The quantitative estimate of drug-likeness (QED) is 0.762. The molecular weight excluding hydrogens is 228 g/mol. The van der Waals surface area contributed by atoms with Crippen LogP contribution in [-0.2, 0) is 0 Å². The summed E-state index contributed by atoms with van der Waals surface area (Å²) in [6.45, 7) is 5.17. The van der Waals surface area contributed by atoms with Gasteiger partial charge in [-0.25, -0.2) is 4.79 Å². The molecule has 1 rings (SSSR count). The van der Waals surface area contributed by atoms with Crippen molar-refractivity contribution in [3.63, 3.8) is 0 Å². The van der Waals surface area contributed by atoms with Crippen LogP contribution in [0.5, 0.6) is 0 Å². The Labute approximate surface area is 104 Å². The number of nitrogens with zero attached hydrogens (tertiary/aromatic N) is 3. The zero-order chi connectivity index (χ0) is 11.3. The first kappa shape index (κ1) is 15.5. The second kappa shape index (κ2) is 7.70. The number of piperazine rings is 1. The lowest BCUT2D eigenvalue weighted by molar-refractivity contribution is 0.153. The molecule has 0 bridgehead atoms. The van der Waals surface area contributed by atoms with E-state index in [1.54, 1.807) is 4.90 Å². The Bertz CT molecular complexity index is 207. The average molecular weight is 251 g/mol. The van der Waals surface area contributed by atoms with Crippen LogP contribution >= 0.6 is 12.4 Å². The largest absolute Gasteiger partial charge is 0.326 e. The maximum Gasteiger partial charge on any atom is 0.319 e. The van der Waals surface area contributed by atoms with E-state index in [0.717, 1.165) is 39.3 Å². The molecule has 0 atom stereocenters. The molecule has 0 spiro atoms. The molecule has 0 aromatic heterocycles. The van der Waals surface area contributed by atoms with Crippen LogP contribution in [0, 0.1) is 0 Å². The molecule has 0 aromatic carbocycles. The lowest BCUT2D eigenvalue weighted by atomic mass is 10.4. The van der Waals surface area contributed by atoms with E-state index in [1.807, 2.05) is 26.0 Å². The van der Waals surface area contributed by atoms with Crippen molar-refractivity contribution in [1.29, 1.82) is 0 Å². The minimum absolute atomic E-state index is 0. The average Bonchev–Trinajstić information content (AvgIpc) is 2.26. The van der Waals surface area contributed by atoms with Crippen LogP contribution in [0.25, 0.3) is 0 Å². The minimum Gasteiger partial charge on any atom is -0.326 e. The van der Waals surface area contributed by atoms with Gasteiger partial charge in [0.1, 0.15) is 0 Å². The van der Waals surface area contributed by atoms with Gasteiger partial charge < -0.3 is 20.0 Å². The van der Waals surface area contributed by atoms with Crippen LogP contribution in [0.4, 0.5) is 4.79 Å². The molecule has 1 fully saturated rings. The standard InChI is InChI=1S/C10H22N4O.ClH/c1-12(2)8-9-13(3)10(15)14-6-4-11-5-7-14;/h11H,4-9H2,1-3H3;1H. The molecule has 2 amide bonds. The molecule has 0 unspecified atom stereocenters. The molecule has 1 aliphatic rings. The van der Waals surface area contributed by atoms with Crippen LogP contribution in [-0.4, -0.2) is 81.1 Å². The van der Waals surface area contributed by atoms with E-state index in [1.165, 1.54) is 0 Å². The smallest absolute Gasteiger partial charge is 0.319 e. The predicted molar refractivity (Wildman–Crippen MR) is 68.3 cm³/mol. The highest BCUT2D eigenvalue weighted by Gasteiger charge is 2.19. The molecular formula is C10H23ClN4O. The number of likely N-dealkylation sites (N-methyl/N-ethyl adjacent to an activating group) is 2. The first-order valence-corrected chi connectivity index (χ1v) is 5.46. The Kier molecular flexibility index (Phi) is 7.45. The number of carbonyl (C=O) groups excluding carboxylic acids is 1. The summed E-state index contributed by atoms with van der Waals surface area (Å²) in [5, 5.41) is 3.24. The molecule has 16 heavy (non-hydrogen) atoms. The van der Waals surface area contributed by atoms with Crippen molar-refractivity contribution in [2.75, 3.05) is 60.4 Å². The summed E-state index contributed by atoms with van der Waals surface area (Å²) in [7, 11) is 5.90. The number of nitrogens with one attached hydrogen (secondary N) is 1. The minimum atomic E-state index is 0. The van der Waals surface area contributed by atoms with Crippen molar-refractivity contribution in [2.45, 2.75) is 0 Å². The Morgan fingerprint density at radius 3 is 2.25 bits per heavy atom. The van der Waals surface area contributed by atoms with Gasteiger partial charge in [0, 0.05) is 46.3 Å².